The summed E-state index contributed by atoms with van der Waals surface area (Å²) >= 11 is 5.12. The van der Waals surface area contributed by atoms with Crippen LogP contribution in [0.15, 0.2) is 15.9 Å². The molecule has 0 radical (unpaired) electrons. The molecule has 0 aromatic carbocycles. The molecule has 3 nitrogen and oxygen atoms in total. The molecule has 1 aromatic heterocycles. The van der Waals surface area contributed by atoms with Crippen LogP contribution in [0.4, 0.5) is 0 Å². The van der Waals surface area contributed by atoms with Crippen molar-refractivity contribution in [2.24, 2.45) is 0 Å². The molecule has 15 heavy (non-hydrogen) atoms. The van der Waals surface area contributed by atoms with E-state index in [9.17, 15) is 4.79 Å². The number of hydrogen-bond acceptors (Lipinski definition) is 4. The van der Waals surface area contributed by atoms with E-state index in [0.29, 0.717) is 6.61 Å². The summed E-state index contributed by atoms with van der Waals surface area (Å²) in [5.74, 6) is -0.211. The molecule has 1 rings (SSSR count). The van der Waals surface area contributed by atoms with Gasteiger partial charge in [0, 0.05) is 15.4 Å². The Morgan fingerprint density at radius 2 is 2.47 bits per heavy atom. The lowest BCUT2D eigenvalue weighted by Gasteiger charge is -2.12. The van der Waals surface area contributed by atoms with E-state index < -0.39 is 0 Å². The predicted molar refractivity (Wildman–Crippen MR) is 65.1 cm³/mol. The van der Waals surface area contributed by atoms with E-state index in [1.165, 1.54) is 4.88 Å². The Morgan fingerprint density at radius 1 is 1.73 bits per heavy atom. The Hall–Kier alpha value is -0.390. The van der Waals surface area contributed by atoms with E-state index in [-0.39, 0.29) is 18.6 Å². The average Bonchev–Trinajstić information content (AvgIpc) is 2.61. The standard InChI is InChI=1S/C10H14BrNO2S/c1-3-14-9(13)6-12-7(2)10-8(11)4-5-15-10/h4-5,7,12H,3,6H2,1-2H3. The Kier molecular flexibility index (Phi) is 5.28. The third-order valence-electron chi connectivity index (χ3n) is 1.90. The predicted octanol–water partition coefficient (Wildman–Crippen LogP) is 2.72. The van der Waals surface area contributed by atoms with Gasteiger partial charge < -0.3 is 4.74 Å². The van der Waals surface area contributed by atoms with Gasteiger partial charge in [-0.05, 0) is 41.2 Å². The lowest BCUT2D eigenvalue weighted by atomic mass is 10.3. The topological polar surface area (TPSA) is 38.3 Å². The van der Waals surface area contributed by atoms with Crippen LogP contribution in [0, 0.1) is 0 Å². The Bertz CT molecular complexity index is 327. The number of carbonyl (C=O) groups is 1. The van der Waals surface area contributed by atoms with Gasteiger partial charge in [-0.2, -0.15) is 0 Å². The smallest absolute Gasteiger partial charge is 0.319 e. The monoisotopic (exact) mass is 291 g/mol. The summed E-state index contributed by atoms with van der Waals surface area (Å²) in [6.07, 6.45) is 0. The number of carbonyl (C=O) groups excluding carboxylic acids is 1. The van der Waals surface area contributed by atoms with Crippen molar-refractivity contribution in [3.63, 3.8) is 0 Å². The molecule has 1 aromatic rings. The van der Waals surface area contributed by atoms with Gasteiger partial charge in [-0.3, -0.25) is 10.1 Å². The summed E-state index contributed by atoms with van der Waals surface area (Å²) in [4.78, 5) is 12.3. The summed E-state index contributed by atoms with van der Waals surface area (Å²) in [6, 6.07) is 2.16. The molecule has 0 spiro atoms. The second-order valence-corrected chi connectivity index (χ2v) is 4.84. The van der Waals surface area contributed by atoms with Crippen molar-refractivity contribution in [1.82, 2.24) is 5.32 Å². The molecule has 0 saturated carbocycles. The van der Waals surface area contributed by atoms with Crippen LogP contribution in [0.5, 0.6) is 0 Å². The highest BCUT2D eigenvalue weighted by atomic mass is 79.9. The molecule has 0 aliphatic carbocycles. The maximum Gasteiger partial charge on any atom is 0.319 e. The van der Waals surface area contributed by atoms with Crippen LogP contribution in [0.1, 0.15) is 24.8 Å². The highest BCUT2D eigenvalue weighted by Crippen LogP contribution is 2.28. The third kappa shape index (κ3) is 3.93. The first-order valence-electron chi connectivity index (χ1n) is 4.77. The van der Waals surface area contributed by atoms with Crippen molar-refractivity contribution in [2.75, 3.05) is 13.2 Å². The number of halogens is 1. The maximum atomic E-state index is 11.1. The molecule has 0 amide bonds. The molecule has 1 atom stereocenters. The lowest BCUT2D eigenvalue weighted by Crippen LogP contribution is -2.27. The van der Waals surface area contributed by atoms with Crippen molar-refractivity contribution in [3.05, 3.63) is 20.8 Å². The molecule has 1 N–H and O–H groups in total. The largest absolute Gasteiger partial charge is 0.465 e. The molecular weight excluding hydrogens is 278 g/mol. The number of nitrogens with one attached hydrogen (secondary N) is 1. The van der Waals surface area contributed by atoms with Gasteiger partial charge in [0.05, 0.1) is 13.2 Å². The van der Waals surface area contributed by atoms with Crippen LogP contribution < -0.4 is 5.32 Å². The first-order valence-corrected chi connectivity index (χ1v) is 6.44. The zero-order valence-electron chi connectivity index (χ0n) is 8.75. The summed E-state index contributed by atoms with van der Waals surface area (Å²) in [5, 5.41) is 5.13. The van der Waals surface area contributed by atoms with Crippen LogP contribution in [0.25, 0.3) is 0 Å². The lowest BCUT2D eigenvalue weighted by molar-refractivity contribution is -0.142. The number of esters is 1. The second-order valence-electron chi connectivity index (χ2n) is 3.04. The van der Waals surface area contributed by atoms with Gasteiger partial charge in [0.2, 0.25) is 0 Å². The summed E-state index contributed by atoms with van der Waals surface area (Å²) in [5.41, 5.74) is 0. The zero-order valence-corrected chi connectivity index (χ0v) is 11.2. The van der Waals surface area contributed by atoms with Crippen LogP contribution in [0.2, 0.25) is 0 Å². The molecule has 0 bridgehead atoms. The molecule has 0 saturated heterocycles. The molecular formula is C10H14BrNO2S. The zero-order chi connectivity index (χ0) is 11.3. The van der Waals surface area contributed by atoms with Crippen LogP contribution in [-0.4, -0.2) is 19.1 Å². The Morgan fingerprint density at radius 3 is 3.00 bits per heavy atom. The van der Waals surface area contributed by atoms with Crippen LogP contribution in [-0.2, 0) is 9.53 Å². The van der Waals surface area contributed by atoms with Crippen LogP contribution in [0.3, 0.4) is 0 Å². The van der Waals surface area contributed by atoms with Gasteiger partial charge in [-0.15, -0.1) is 11.3 Å². The normalized spacial score (nSPS) is 12.5. The van der Waals surface area contributed by atoms with Gasteiger partial charge in [-0.25, -0.2) is 0 Å². The van der Waals surface area contributed by atoms with E-state index in [1.807, 2.05) is 18.4 Å². The first-order chi connectivity index (χ1) is 7.15. The number of ether oxygens (including phenoxy) is 1. The fourth-order valence-corrected chi connectivity index (χ4v) is 2.91. The van der Waals surface area contributed by atoms with Gasteiger partial charge in [0.25, 0.3) is 0 Å². The minimum Gasteiger partial charge on any atom is -0.465 e. The van der Waals surface area contributed by atoms with Gasteiger partial charge >= 0.3 is 5.97 Å². The number of rotatable bonds is 5. The molecule has 0 fully saturated rings. The molecule has 1 heterocycles. The van der Waals surface area contributed by atoms with Crippen molar-refractivity contribution in [3.8, 4) is 0 Å². The van der Waals surface area contributed by atoms with E-state index in [1.54, 1.807) is 18.3 Å². The van der Waals surface area contributed by atoms with Crippen molar-refractivity contribution >= 4 is 33.2 Å². The quantitative estimate of drug-likeness (QED) is 0.848. The van der Waals surface area contributed by atoms with Gasteiger partial charge in [-0.1, -0.05) is 0 Å². The molecule has 1 unspecified atom stereocenters. The first kappa shape index (κ1) is 12.7. The van der Waals surface area contributed by atoms with E-state index in [4.69, 9.17) is 4.74 Å². The maximum absolute atomic E-state index is 11.1. The van der Waals surface area contributed by atoms with Crippen LogP contribution >= 0.6 is 27.3 Å². The summed E-state index contributed by atoms with van der Waals surface area (Å²) in [6.45, 7) is 4.50. The second kappa shape index (κ2) is 6.25. The van der Waals surface area contributed by atoms with Crippen molar-refractivity contribution < 1.29 is 9.53 Å². The van der Waals surface area contributed by atoms with E-state index in [2.05, 4.69) is 21.2 Å². The average molecular weight is 292 g/mol. The SMILES string of the molecule is CCOC(=O)CNC(C)c1sccc1Br. The minimum atomic E-state index is -0.211. The number of thiophene rings is 1. The fourth-order valence-electron chi connectivity index (χ4n) is 1.16. The highest BCUT2D eigenvalue weighted by molar-refractivity contribution is 9.10. The third-order valence-corrected chi connectivity index (χ3v) is 3.95. The molecule has 0 aliphatic rings. The minimum absolute atomic E-state index is 0.156. The molecule has 84 valence electrons. The Balaban J connectivity index is 2.40. The fraction of sp³-hybridized carbons (Fsp3) is 0.500. The highest BCUT2D eigenvalue weighted by Gasteiger charge is 2.11. The van der Waals surface area contributed by atoms with Gasteiger partial charge in [0.15, 0.2) is 0 Å². The summed E-state index contributed by atoms with van der Waals surface area (Å²) in [7, 11) is 0. The van der Waals surface area contributed by atoms with Crippen molar-refractivity contribution in [2.45, 2.75) is 19.9 Å². The molecule has 5 heteroatoms. The van der Waals surface area contributed by atoms with E-state index >= 15 is 0 Å². The Labute approximate surface area is 102 Å². The molecule has 0 aliphatic heterocycles. The van der Waals surface area contributed by atoms with E-state index in [0.717, 1.165) is 4.47 Å². The van der Waals surface area contributed by atoms with Crippen molar-refractivity contribution in [1.29, 1.82) is 0 Å². The van der Waals surface area contributed by atoms with Gasteiger partial charge in [0.1, 0.15) is 0 Å². The summed E-state index contributed by atoms with van der Waals surface area (Å²) < 4.78 is 5.91. The number of hydrogen-bond donors (Lipinski definition) is 1.